The predicted octanol–water partition coefficient (Wildman–Crippen LogP) is 3.67. The lowest BCUT2D eigenvalue weighted by Crippen LogP contribution is -2.06. The molecule has 0 bridgehead atoms. The van der Waals surface area contributed by atoms with Gasteiger partial charge in [0, 0.05) is 5.57 Å². The standard InChI is InChI=1S/C18H20N2O4S/c1-5-14(2)9-10-15(3)25(21,22)24-20-18(13-19)16-7-6-8-17(23-4)12-11-16/h5,7-12H,3,6H2,1-2,4H3/b10-9-,14-5-,20-18+. The van der Waals surface area contributed by atoms with Gasteiger partial charge in [-0.3, -0.25) is 4.28 Å². The van der Waals surface area contributed by atoms with E-state index in [9.17, 15) is 13.7 Å². The van der Waals surface area contributed by atoms with Gasteiger partial charge in [0.1, 0.15) is 16.7 Å². The van der Waals surface area contributed by atoms with Crippen LogP contribution in [0.1, 0.15) is 20.3 Å². The van der Waals surface area contributed by atoms with Crippen LogP contribution in [0.3, 0.4) is 0 Å². The Bertz CT molecular complexity index is 848. The zero-order valence-electron chi connectivity index (χ0n) is 14.4. The number of oxime groups is 1. The smallest absolute Gasteiger partial charge is 0.357 e. The van der Waals surface area contributed by atoms with Gasteiger partial charge in [-0.1, -0.05) is 35.5 Å². The summed E-state index contributed by atoms with van der Waals surface area (Å²) < 4.78 is 33.8. The first kappa shape index (κ1) is 20.2. The van der Waals surface area contributed by atoms with Gasteiger partial charge in [0.15, 0.2) is 5.71 Å². The summed E-state index contributed by atoms with van der Waals surface area (Å²) in [5.74, 6) is 0.634. The summed E-state index contributed by atoms with van der Waals surface area (Å²) in [6.07, 6.45) is 12.0. The van der Waals surface area contributed by atoms with E-state index in [-0.39, 0.29) is 10.6 Å². The molecule has 0 spiro atoms. The van der Waals surface area contributed by atoms with E-state index in [1.807, 2.05) is 32.1 Å². The van der Waals surface area contributed by atoms with Gasteiger partial charge in [-0.25, -0.2) is 0 Å². The molecule has 1 rings (SSSR count). The molecule has 0 saturated heterocycles. The highest BCUT2D eigenvalue weighted by molar-refractivity contribution is 7.90. The van der Waals surface area contributed by atoms with Crippen LogP contribution in [0.4, 0.5) is 0 Å². The quantitative estimate of drug-likeness (QED) is 0.393. The van der Waals surface area contributed by atoms with Crippen molar-refractivity contribution in [3.63, 3.8) is 0 Å². The van der Waals surface area contributed by atoms with Crippen molar-refractivity contribution in [3.8, 4) is 6.07 Å². The molecule has 1 aliphatic rings. The van der Waals surface area contributed by atoms with E-state index in [4.69, 9.17) is 4.74 Å². The van der Waals surface area contributed by atoms with Gasteiger partial charge >= 0.3 is 10.1 Å². The number of hydrogen-bond acceptors (Lipinski definition) is 6. The molecule has 25 heavy (non-hydrogen) atoms. The van der Waals surface area contributed by atoms with E-state index in [0.717, 1.165) is 5.57 Å². The summed E-state index contributed by atoms with van der Waals surface area (Å²) in [6.45, 7) is 7.10. The lowest BCUT2D eigenvalue weighted by atomic mass is 10.1. The third-order valence-electron chi connectivity index (χ3n) is 3.23. The Kier molecular flexibility index (Phi) is 7.63. The maximum absolute atomic E-state index is 12.0. The maximum atomic E-state index is 12.0. The summed E-state index contributed by atoms with van der Waals surface area (Å²) in [5.41, 5.74) is 1.15. The van der Waals surface area contributed by atoms with Gasteiger partial charge in [0.2, 0.25) is 0 Å². The van der Waals surface area contributed by atoms with E-state index < -0.39 is 10.1 Å². The zero-order chi connectivity index (χ0) is 18.9. The monoisotopic (exact) mass is 360 g/mol. The molecule has 7 heteroatoms. The van der Waals surface area contributed by atoms with Crippen LogP contribution in [-0.4, -0.2) is 21.2 Å². The van der Waals surface area contributed by atoms with Crippen LogP contribution < -0.4 is 0 Å². The Morgan fingerprint density at radius 2 is 2.08 bits per heavy atom. The van der Waals surface area contributed by atoms with E-state index in [1.54, 1.807) is 24.3 Å². The molecule has 0 unspecified atom stereocenters. The third-order valence-corrected chi connectivity index (χ3v) is 4.28. The van der Waals surface area contributed by atoms with Crippen molar-refractivity contribution in [1.82, 2.24) is 0 Å². The van der Waals surface area contributed by atoms with Gasteiger partial charge in [0.05, 0.1) is 7.11 Å². The van der Waals surface area contributed by atoms with Crippen LogP contribution >= 0.6 is 0 Å². The molecular weight excluding hydrogens is 340 g/mol. The fourth-order valence-corrected chi connectivity index (χ4v) is 2.12. The van der Waals surface area contributed by atoms with E-state index in [2.05, 4.69) is 16.0 Å². The van der Waals surface area contributed by atoms with Crippen LogP contribution in [0.15, 0.2) is 76.1 Å². The lowest BCUT2D eigenvalue weighted by molar-refractivity contribution is 0.306. The second kappa shape index (κ2) is 9.45. The predicted molar refractivity (Wildman–Crippen MR) is 97.7 cm³/mol. The highest BCUT2D eigenvalue weighted by Crippen LogP contribution is 2.15. The summed E-state index contributed by atoms with van der Waals surface area (Å²) in [7, 11) is -2.64. The van der Waals surface area contributed by atoms with Crippen molar-refractivity contribution in [1.29, 1.82) is 5.26 Å². The molecule has 1 aliphatic carbocycles. The van der Waals surface area contributed by atoms with Crippen molar-refractivity contribution in [3.05, 3.63) is 70.9 Å². The summed E-state index contributed by atoms with van der Waals surface area (Å²) in [4.78, 5) is -0.261. The normalized spacial score (nSPS) is 15.9. The van der Waals surface area contributed by atoms with Gasteiger partial charge < -0.3 is 4.74 Å². The van der Waals surface area contributed by atoms with Crippen molar-refractivity contribution in [2.75, 3.05) is 7.11 Å². The first-order valence-electron chi connectivity index (χ1n) is 7.38. The van der Waals surface area contributed by atoms with E-state index in [1.165, 1.54) is 13.2 Å². The van der Waals surface area contributed by atoms with Gasteiger partial charge in [-0.05, 0) is 44.6 Å². The highest BCUT2D eigenvalue weighted by atomic mass is 32.2. The fraction of sp³-hybridized carbons (Fsp3) is 0.222. The SMILES string of the molecule is C=C(/C=C\C(C)=C/C)S(=O)(=O)O/N=C(\C#N)C1=CCC=C(OC)C=C1. The number of nitriles is 1. The van der Waals surface area contributed by atoms with Crippen molar-refractivity contribution >= 4 is 15.8 Å². The number of allylic oxidation sites excluding steroid dienone is 9. The summed E-state index contributed by atoms with van der Waals surface area (Å²) in [6, 6.07) is 1.82. The molecule has 0 radical (unpaired) electrons. The summed E-state index contributed by atoms with van der Waals surface area (Å²) >= 11 is 0. The zero-order valence-corrected chi connectivity index (χ0v) is 15.2. The highest BCUT2D eigenvalue weighted by Gasteiger charge is 2.16. The van der Waals surface area contributed by atoms with Crippen LogP contribution in [0.2, 0.25) is 0 Å². The van der Waals surface area contributed by atoms with Crippen LogP contribution in [-0.2, 0) is 19.1 Å². The molecule has 132 valence electrons. The minimum Gasteiger partial charge on any atom is -0.497 e. The molecular formula is C18H20N2O4S. The lowest BCUT2D eigenvalue weighted by Gasteiger charge is -2.02. The van der Waals surface area contributed by atoms with Crippen LogP contribution in [0, 0.1) is 11.3 Å². The second-order valence-corrected chi connectivity index (χ2v) is 6.53. The van der Waals surface area contributed by atoms with Crippen LogP contribution in [0.5, 0.6) is 0 Å². The summed E-state index contributed by atoms with van der Waals surface area (Å²) in [5, 5.41) is 12.7. The molecule has 0 atom stereocenters. The van der Waals surface area contributed by atoms with E-state index in [0.29, 0.717) is 17.8 Å². The minimum atomic E-state index is -4.17. The first-order chi connectivity index (χ1) is 11.8. The molecule has 0 N–H and O–H groups in total. The Labute approximate surface area is 148 Å². The number of rotatable bonds is 7. The van der Waals surface area contributed by atoms with Crippen molar-refractivity contribution in [2.45, 2.75) is 20.3 Å². The number of nitrogens with zero attached hydrogens (tertiary/aromatic N) is 2. The van der Waals surface area contributed by atoms with Crippen molar-refractivity contribution in [2.24, 2.45) is 5.16 Å². The molecule has 0 amide bonds. The Morgan fingerprint density at radius 3 is 2.68 bits per heavy atom. The minimum absolute atomic E-state index is 0.160. The van der Waals surface area contributed by atoms with Gasteiger partial charge in [-0.2, -0.15) is 13.7 Å². The molecule has 0 aromatic rings. The molecule has 0 fully saturated rings. The number of hydrogen-bond donors (Lipinski definition) is 0. The average Bonchev–Trinajstić information content (AvgIpc) is 2.85. The average molecular weight is 360 g/mol. The fourth-order valence-electron chi connectivity index (χ4n) is 1.61. The van der Waals surface area contributed by atoms with Gasteiger partial charge in [-0.15, -0.1) is 0 Å². The molecule has 0 aromatic carbocycles. The topological polar surface area (TPSA) is 88.8 Å². The Balaban J connectivity index is 2.94. The molecule has 0 aromatic heterocycles. The number of methoxy groups -OCH3 is 1. The molecule has 0 heterocycles. The second-order valence-electron chi connectivity index (χ2n) is 4.95. The maximum Gasteiger partial charge on any atom is 0.357 e. The van der Waals surface area contributed by atoms with Crippen molar-refractivity contribution < 1.29 is 17.4 Å². The Hall–Kier alpha value is -2.85. The Morgan fingerprint density at radius 1 is 1.36 bits per heavy atom. The third kappa shape index (κ3) is 6.28. The van der Waals surface area contributed by atoms with Crippen LogP contribution in [0.25, 0.3) is 0 Å². The molecule has 0 aliphatic heterocycles. The van der Waals surface area contributed by atoms with Gasteiger partial charge in [0.25, 0.3) is 0 Å². The number of ether oxygens (including phenoxy) is 1. The first-order valence-corrected chi connectivity index (χ1v) is 8.79. The molecule has 0 saturated carbocycles. The largest absolute Gasteiger partial charge is 0.497 e. The van der Waals surface area contributed by atoms with E-state index >= 15 is 0 Å². The molecule has 6 nitrogen and oxygen atoms in total.